The van der Waals surface area contributed by atoms with Crippen molar-refractivity contribution in [2.24, 2.45) is 5.92 Å². The summed E-state index contributed by atoms with van der Waals surface area (Å²) in [6, 6.07) is 0. The second-order valence-electron chi connectivity index (χ2n) is 3.89. The molecule has 0 spiro atoms. The molecule has 0 aliphatic carbocycles. The molecule has 16 heavy (non-hydrogen) atoms. The molecule has 2 nitrogen and oxygen atoms in total. The summed E-state index contributed by atoms with van der Waals surface area (Å²) >= 11 is 3.76. The van der Waals surface area contributed by atoms with E-state index in [0.29, 0.717) is 11.2 Å². The van der Waals surface area contributed by atoms with E-state index in [9.17, 15) is 0 Å². The predicted octanol–water partition coefficient (Wildman–Crippen LogP) is 2.63. The molecule has 0 amide bonds. The first-order valence-corrected chi connectivity index (χ1v) is 8.41. The van der Waals surface area contributed by atoms with E-state index in [1.165, 1.54) is 19.3 Å². The molecule has 0 radical (unpaired) electrons. The van der Waals surface area contributed by atoms with Gasteiger partial charge in [-0.15, -0.1) is 0 Å². The van der Waals surface area contributed by atoms with Gasteiger partial charge < -0.3 is 10.2 Å². The van der Waals surface area contributed by atoms with E-state index in [1.807, 2.05) is 23.5 Å². The molecule has 0 aromatic carbocycles. The van der Waals surface area contributed by atoms with Crippen molar-refractivity contribution in [3.63, 3.8) is 0 Å². The lowest BCUT2D eigenvalue weighted by Gasteiger charge is -2.25. The highest BCUT2D eigenvalue weighted by atomic mass is 32.2. The fraction of sp³-hybridized carbons (Fsp3) is 1.00. The summed E-state index contributed by atoms with van der Waals surface area (Å²) < 4.78 is 0. The molecule has 0 aromatic rings. The van der Waals surface area contributed by atoms with Gasteiger partial charge in [0.15, 0.2) is 0 Å². The second-order valence-corrected chi connectivity index (χ2v) is 6.39. The molecule has 0 unspecified atom stereocenters. The van der Waals surface area contributed by atoms with Crippen molar-refractivity contribution >= 4 is 23.5 Å². The van der Waals surface area contributed by atoms with Gasteiger partial charge in [0.25, 0.3) is 0 Å². The Morgan fingerprint density at radius 1 is 1.06 bits per heavy atom. The molecule has 0 aromatic heterocycles. The summed E-state index contributed by atoms with van der Waals surface area (Å²) in [5.41, 5.74) is 0. The van der Waals surface area contributed by atoms with Gasteiger partial charge in [0.1, 0.15) is 0 Å². The molecule has 4 heteroatoms. The highest BCUT2D eigenvalue weighted by molar-refractivity contribution is 8.00. The number of aliphatic hydroxyl groups is 2. The molecule has 0 heterocycles. The van der Waals surface area contributed by atoms with Gasteiger partial charge >= 0.3 is 0 Å². The van der Waals surface area contributed by atoms with Gasteiger partial charge in [0.2, 0.25) is 0 Å². The Hall–Kier alpha value is 0.620. The first-order chi connectivity index (χ1) is 7.79. The van der Waals surface area contributed by atoms with E-state index in [2.05, 4.69) is 13.8 Å². The van der Waals surface area contributed by atoms with Crippen LogP contribution in [0.25, 0.3) is 0 Å². The molecule has 0 saturated carbocycles. The maximum atomic E-state index is 8.89. The standard InChI is InChI=1S/C12H26O2S2/c1-3-5-12(16-9-7-14)11(4-2)10-15-8-6-13/h11-14H,3-10H2,1-2H3/t11-,12-/m0/s1. The molecular formula is C12H26O2S2. The largest absolute Gasteiger partial charge is 0.396 e. The van der Waals surface area contributed by atoms with Crippen LogP contribution in [-0.4, -0.2) is 45.9 Å². The highest BCUT2D eigenvalue weighted by Crippen LogP contribution is 2.29. The van der Waals surface area contributed by atoms with E-state index in [0.717, 1.165) is 17.3 Å². The van der Waals surface area contributed by atoms with Crippen LogP contribution in [-0.2, 0) is 0 Å². The Morgan fingerprint density at radius 2 is 1.75 bits per heavy atom. The van der Waals surface area contributed by atoms with Crippen molar-refractivity contribution in [3.8, 4) is 0 Å². The Kier molecular flexibility index (Phi) is 12.6. The Morgan fingerprint density at radius 3 is 2.25 bits per heavy atom. The van der Waals surface area contributed by atoms with Crippen molar-refractivity contribution in [2.75, 3.05) is 30.5 Å². The molecule has 2 N–H and O–H groups in total. The third-order valence-electron chi connectivity index (χ3n) is 2.61. The summed E-state index contributed by atoms with van der Waals surface area (Å²) in [6.07, 6.45) is 3.65. The van der Waals surface area contributed by atoms with Crippen LogP contribution < -0.4 is 0 Å². The van der Waals surface area contributed by atoms with Gasteiger partial charge in [0.05, 0.1) is 13.2 Å². The molecule has 98 valence electrons. The smallest absolute Gasteiger partial charge is 0.0521 e. The van der Waals surface area contributed by atoms with Gasteiger partial charge in [-0.2, -0.15) is 23.5 Å². The summed E-state index contributed by atoms with van der Waals surface area (Å²) in [4.78, 5) is 0. The normalized spacial score (nSPS) is 15.0. The average Bonchev–Trinajstić information content (AvgIpc) is 2.31. The Labute approximate surface area is 109 Å². The number of hydrogen-bond acceptors (Lipinski definition) is 4. The number of thioether (sulfide) groups is 2. The van der Waals surface area contributed by atoms with E-state index >= 15 is 0 Å². The monoisotopic (exact) mass is 266 g/mol. The van der Waals surface area contributed by atoms with Crippen LogP contribution in [0.15, 0.2) is 0 Å². The summed E-state index contributed by atoms with van der Waals surface area (Å²) in [5.74, 6) is 3.56. The van der Waals surface area contributed by atoms with Crippen LogP contribution in [0, 0.1) is 5.92 Å². The second kappa shape index (κ2) is 12.1. The summed E-state index contributed by atoms with van der Waals surface area (Å²) in [5, 5.41) is 18.3. The third-order valence-corrected chi connectivity index (χ3v) is 5.22. The number of aliphatic hydroxyl groups excluding tert-OH is 2. The molecule has 0 aliphatic rings. The third kappa shape index (κ3) is 7.82. The summed E-state index contributed by atoms with van der Waals surface area (Å²) in [7, 11) is 0. The zero-order chi connectivity index (χ0) is 12.2. The molecular weight excluding hydrogens is 240 g/mol. The van der Waals surface area contributed by atoms with E-state index in [1.54, 1.807) is 0 Å². The average molecular weight is 266 g/mol. The van der Waals surface area contributed by atoms with Crippen LogP contribution in [0.4, 0.5) is 0 Å². The van der Waals surface area contributed by atoms with Crippen LogP contribution in [0.5, 0.6) is 0 Å². The molecule has 0 fully saturated rings. The Balaban J connectivity index is 3.99. The van der Waals surface area contributed by atoms with Gasteiger partial charge in [-0.3, -0.25) is 0 Å². The van der Waals surface area contributed by atoms with Crippen molar-refractivity contribution in [2.45, 2.75) is 38.4 Å². The van der Waals surface area contributed by atoms with Crippen molar-refractivity contribution in [1.82, 2.24) is 0 Å². The summed E-state index contributed by atoms with van der Waals surface area (Å²) in [6.45, 7) is 5.03. The van der Waals surface area contributed by atoms with Crippen LogP contribution >= 0.6 is 23.5 Å². The van der Waals surface area contributed by atoms with Crippen LogP contribution in [0.2, 0.25) is 0 Å². The molecule has 0 rings (SSSR count). The van der Waals surface area contributed by atoms with Crippen molar-refractivity contribution in [3.05, 3.63) is 0 Å². The fourth-order valence-electron chi connectivity index (χ4n) is 1.73. The van der Waals surface area contributed by atoms with Gasteiger partial charge in [-0.05, 0) is 18.1 Å². The molecule has 0 aliphatic heterocycles. The van der Waals surface area contributed by atoms with E-state index in [4.69, 9.17) is 10.2 Å². The van der Waals surface area contributed by atoms with Crippen molar-refractivity contribution in [1.29, 1.82) is 0 Å². The molecule has 2 atom stereocenters. The highest BCUT2D eigenvalue weighted by Gasteiger charge is 2.19. The minimum atomic E-state index is 0.281. The zero-order valence-electron chi connectivity index (χ0n) is 10.5. The van der Waals surface area contributed by atoms with E-state index in [-0.39, 0.29) is 13.2 Å². The topological polar surface area (TPSA) is 40.5 Å². The first-order valence-electron chi connectivity index (χ1n) is 6.21. The van der Waals surface area contributed by atoms with Gasteiger partial charge in [0, 0.05) is 16.8 Å². The van der Waals surface area contributed by atoms with Crippen LogP contribution in [0.1, 0.15) is 33.1 Å². The lowest BCUT2D eigenvalue weighted by Crippen LogP contribution is -2.20. The number of rotatable bonds is 11. The quantitative estimate of drug-likeness (QED) is 0.564. The number of hydrogen-bond donors (Lipinski definition) is 2. The van der Waals surface area contributed by atoms with Gasteiger partial charge in [-0.25, -0.2) is 0 Å². The zero-order valence-corrected chi connectivity index (χ0v) is 12.2. The SMILES string of the molecule is CCC[C@H](SCCO)[C@@H](CC)CSCCO. The predicted molar refractivity (Wildman–Crippen MR) is 76.4 cm³/mol. The Bertz CT molecular complexity index is 145. The first kappa shape index (κ1) is 16.6. The maximum Gasteiger partial charge on any atom is 0.0521 e. The van der Waals surface area contributed by atoms with E-state index < -0.39 is 0 Å². The van der Waals surface area contributed by atoms with Crippen LogP contribution in [0.3, 0.4) is 0 Å². The lowest BCUT2D eigenvalue weighted by atomic mass is 10.0. The minimum absolute atomic E-state index is 0.281. The fourth-order valence-corrected chi connectivity index (χ4v) is 4.29. The minimum Gasteiger partial charge on any atom is -0.396 e. The van der Waals surface area contributed by atoms with Crippen molar-refractivity contribution < 1.29 is 10.2 Å². The van der Waals surface area contributed by atoms with Gasteiger partial charge in [-0.1, -0.05) is 26.7 Å². The molecule has 0 saturated heterocycles. The molecule has 0 bridgehead atoms. The maximum absolute atomic E-state index is 8.89. The lowest BCUT2D eigenvalue weighted by molar-refractivity contribution is 0.322.